The molecule has 0 spiro atoms. The highest BCUT2D eigenvalue weighted by atomic mass is 32.1. The van der Waals surface area contributed by atoms with E-state index in [0.717, 1.165) is 18.9 Å². The standard InChI is InChI=1S/C13H24N2S/c1-4-6-14-12(9-11(3)5-2)10-13-15-7-8-16-13/h7-8,11-12,14H,4-6,9-10H2,1-3H3. The Labute approximate surface area is 103 Å². The molecular formula is C13H24N2S. The zero-order chi connectivity index (χ0) is 11.8. The third-order valence-corrected chi connectivity index (χ3v) is 3.77. The summed E-state index contributed by atoms with van der Waals surface area (Å²) in [6, 6.07) is 0.598. The molecule has 2 atom stereocenters. The predicted octanol–water partition coefficient (Wildman–Crippen LogP) is 3.49. The summed E-state index contributed by atoms with van der Waals surface area (Å²) in [5, 5.41) is 6.97. The van der Waals surface area contributed by atoms with E-state index in [1.54, 1.807) is 11.3 Å². The van der Waals surface area contributed by atoms with E-state index in [1.807, 2.05) is 6.20 Å². The van der Waals surface area contributed by atoms with Crippen LogP contribution in [0.25, 0.3) is 0 Å². The first-order chi connectivity index (χ1) is 7.76. The van der Waals surface area contributed by atoms with Gasteiger partial charge in [-0.3, -0.25) is 0 Å². The van der Waals surface area contributed by atoms with E-state index in [4.69, 9.17) is 0 Å². The van der Waals surface area contributed by atoms with Gasteiger partial charge in [-0.1, -0.05) is 27.2 Å². The van der Waals surface area contributed by atoms with Gasteiger partial charge in [0.1, 0.15) is 0 Å². The van der Waals surface area contributed by atoms with Crippen LogP contribution in [0.4, 0.5) is 0 Å². The highest BCUT2D eigenvalue weighted by Gasteiger charge is 2.13. The summed E-state index contributed by atoms with van der Waals surface area (Å²) >= 11 is 1.77. The van der Waals surface area contributed by atoms with Crippen LogP contribution in [0.1, 0.15) is 45.0 Å². The molecule has 1 N–H and O–H groups in total. The van der Waals surface area contributed by atoms with Gasteiger partial charge in [0.05, 0.1) is 5.01 Å². The molecular weight excluding hydrogens is 216 g/mol. The van der Waals surface area contributed by atoms with Crippen LogP contribution in [0.2, 0.25) is 0 Å². The maximum absolute atomic E-state index is 4.38. The van der Waals surface area contributed by atoms with E-state index >= 15 is 0 Å². The van der Waals surface area contributed by atoms with Gasteiger partial charge < -0.3 is 5.32 Å². The zero-order valence-corrected chi connectivity index (χ0v) is 11.5. The second kappa shape index (κ2) is 7.80. The second-order valence-electron chi connectivity index (χ2n) is 4.53. The number of hydrogen-bond acceptors (Lipinski definition) is 3. The van der Waals surface area contributed by atoms with E-state index in [0.29, 0.717) is 6.04 Å². The summed E-state index contributed by atoms with van der Waals surface area (Å²) in [5.74, 6) is 0.800. The molecule has 0 saturated carbocycles. The molecule has 3 heteroatoms. The number of aromatic nitrogens is 1. The summed E-state index contributed by atoms with van der Waals surface area (Å²) in [4.78, 5) is 4.38. The van der Waals surface area contributed by atoms with Crippen molar-refractivity contribution in [2.45, 2.75) is 52.5 Å². The Balaban J connectivity index is 2.43. The Morgan fingerprint density at radius 2 is 2.25 bits per heavy atom. The molecule has 16 heavy (non-hydrogen) atoms. The molecule has 1 aromatic rings. The van der Waals surface area contributed by atoms with Crippen molar-refractivity contribution in [2.75, 3.05) is 6.54 Å². The van der Waals surface area contributed by atoms with Gasteiger partial charge in [0.15, 0.2) is 0 Å². The van der Waals surface area contributed by atoms with Crippen LogP contribution >= 0.6 is 11.3 Å². The van der Waals surface area contributed by atoms with Crippen LogP contribution in [0.3, 0.4) is 0 Å². The lowest BCUT2D eigenvalue weighted by atomic mass is 9.97. The van der Waals surface area contributed by atoms with E-state index in [2.05, 4.69) is 36.5 Å². The van der Waals surface area contributed by atoms with E-state index in [-0.39, 0.29) is 0 Å². The van der Waals surface area contributed by atoms with Crippen LogP contribution in [-0.2, 0) is 6.42 Å². The molecule has 0 aliphatic rings. The topological polar surface area (TPSA) is 24.9 Å². The lowest BCUT2D eigenvalue weighted by molar-refractivity contribution is 0.391. The van der Waals surface area contributed by atoms with Crippen LogP contribution in [0.15, 0.2) is 11.6 Å². The SMILES string of the molecule is CCCNC(Cc1nccs1)CC(C)CC. The molecule has 0 amide bonds. The molecule has 2 nitrogen and oxygen atoms in total. The molecule has 1 aromatic heterocycles. The third-order valence-electron chi connectivity index (χ3n) is 2.97. The first kappa shape index (κ1) is 13.7. The first-order valence-corrected chi connectivity index (χ1v) is 7.25. The van der Waals surface area contributed by atoms with Crippen molar-refractivity contribution in [3.05, 3.63) is 16.6 Å². The monoisotopic (exact) mass is 240 g/mol. The fourth-order valence-corrected chi connectivity index (χ4v) is 2.50. The lowest BCUT2D eigenvalue weighted by Crippen LogP contribution is -2.33. The average molecular weight is 240 g/mol. The molecule has 0 aliphatic carbocycles. The van der Waals surface area contributed by atoms with Gasteiger partial charge in [-0.05, 0) is 25.3 Å². The minimum atomic E-state index is 0.598. The largest absolute Gasteiger partial charge is 0.314 e. The number of thiazole rings is 1. The minimum absolute atomic E-state index is 0.598. The Bertz CT molecular complexity index is 259. The van der Waals surface area contributed by atoms with Gasteiger partial charge in [-0.15, -0.1) is 11.3 Å². The van der Waals surface area contributed by atoms with Gasteiger partial charge in [0, 0.05) is 24.0 Å². The lowest BCUT2D eigenvalue weighted by Gasteiger charge is -2.20. The molecule has 0 fully saturated rings. The van der Waals surface area contributed by atoms with Gasteiger partial charge in [-0.25, -0.2) is 4.98 Å². The quantitative estimate of drug-likeness (QED) is 0.752. The Kier molecular flexibility index (Phi) is 6.65. The number of nitrogens with zero attached hydrogens (tertiary/aromatic N) is 1. The number of hydrogen-bond donors (Lipinski definition) is 1. The van der Waals surface area contributed by atoms with Gasteiger partial charge >= 0.3 is 0 Å². The van der Waals surface area contributed by atoms with Crippen molar-refractivity contribution < 1.29 is 0 Å². The van der Waals surface area contributed by atoms with E-state index in [9.17, 15) is 0 Å². The number of nitrogens with one attached hydrogen (secondary N) is 1. The maximum atomic E-state index is 4.38. The van der Waals surface area contributed by atoms with Crippen LogP contribution < -0.4 is 5.32 Å². The number of rotatable bonds is 8. The molecule has 1 heterocycles. The van der Waals surface area contributed by atoms with Gasteiger partial charge in [-0.2, -0.15) is 0 Å². The Morgan fingerprint density at radius 3 is 2.81 bits per heavy atom. The van der Waals surface area contributed by atoms with Crippen molar-refractivity contribution in [1.82, 2.24) is 10.3 Å². The predicted molar refractivity (Wildman–Crippen MR) is 72.0 cm³/mol. The molecule has 1 rings (SSSR count). The molecule has 0 radical (unpaired) electrons. The Morgan fingerprint density at radius 1 is 1.44 bits per heavy atom. The van der Waals surface area contributed by atoms with Crippen molar-refractivity contribution in [3.8, 4) is 0 Å². The van der Waals surface area contributed by atoms with Crippen molar-refractivity contribution in [2.24, 2.45) is 5.92 Å². The highest BCUT2D eigenvalue weighted by Crippen LogP contribution is 2.15. The summed E-state index contributed by atoms with van der Waals surface area (Å²) in [5.41, 5.74) is 0. The summed E-state index contributed by atoms with van der Waals surface area (Å²) < 4.78 is 0. The maximum Gasteiger partial charge on any atom is 0.0940 e. The molecule has 92 valence electrons. The first-order valence-electron chi connectivity index (χ1n) is 6.38. The fourth-order valence-electron chi connectivity index (χ4n) is 1.80. The molecule has 2 unspecified atom stereocenters. The average Bonchev–Trinajstić information content (AvgIpc) is 2.78. The van der Waals surface area contributed by atoms with Crippen LogP contribution in [0.5, 0.6) is 0 Å². The minimum Gasteiger partial charge on any atom is -0.314 e. The van der Waals surface area contributed by atoms with E-state index < -0.39 is 0 Å². The van der Waals surface area contributed by atoms with Gasteiger partial charge in [0.2, 0.25) is 0 Å². The van der Waals surface area contributed by atoms with Crippen LogP contribution in [0, 0.1) is 5.92 Å². The normalized spacial score (nSPS) is 14.9. The highest BCUT2D eigenvalue weighted by molar-refractivity contribution is 7.09. The van der Waals surface area contributed by atoms with Gasteiger partial charge in [0.25, 0.3) is 0 Å². The smallest absolute Gasteiger partial charge is 0.0940 e. The summed E-state index contributed by atoms with van der Waals surface area (Å²) in [7, 11) is 0. The van der Waals surface area contributed by atoms with E-state index in [1.165, 1.54) is 24.3 Å². The zero-order valence-electron chi connectivity index (χ0n) is 10.7. The molecule has 0 bridgehead atoms. The van der Waals surface area contributed by atoms with Crippen LogP contribution in [-0.4, -0.2) is 17.6 Å². The summed E-state index contributed by atoms with van der Waals surface area (Å²) in [6.45, 7) is 7.94. The van der Waals surface area contributed by atoms with Crippen molar-refractivity contribution >= 4 is 11.3 Å². The summed E-state index contributed by atoms with van der Waals surface area (Å²) in [6.07, 6.45) is 6.72. The second-order valence-corrected chi connectivity index (χ2v) is 5.51. The van der Waals surface area contributed by atoms with Crippen molar-refractivity contribution in [3.63, 3.8) is 0 Å². The fraction of sp³-hybridized carbons (Fsp3) is 0.769. The third kappa shape index (κ3) is 5.08. The Hall–Kier alpha value is -0.410. The molecule has 0 saturated heterocycles. The van der Waals surface area contributed by atoms with Crippen molar-refractivity contribution in [1.29, 1.82) is 0 Å². The molecule has 0 aromatic carbocycles. The molecule has 0 aliphatic heterocycles.